The van der Waals surface area contributed by atoms with E-state index in [1.807, 2.05) is 19.3 Å². The van der Waals surface area contributed by atoms with E-state index in [9.17, 15) is 0 Å². The Morgan fingerprint density at radius 3 is 2.81 bits per heavy atom. The van der Waals surface area contributed by atoms with Gasteiger partial charge in [0, 0.05) is 36.5 Å². The summed E-state index contributed by atoms with van der Waals surface area (Å²) in [5.41, 5.74) is 11.0. The maximum atomic E-state index is 6.06. The van der Waals surface area contributed by atoms with Gasteiger partial charge in [0.2, 0.25) is 0 Å². The first-order chi connectivity index (χ1) is 10.1. The second-order valence-electron chi connectivity index (χ2n) is 5.86. The zero-order valence-electron chi connectivity index (χ0n) is 12.8. The number of rotatable bonds is 3. The van der Waals surface area contributed by atoms with Crippen molar-refractivity contribution >= 4 is 11.6 Å². The lowest BCUT2D eigenvalue weighted by molar-refractivity contribution is 0.832. The van der Waals surface area contributed by atoms with Crippen LogP contribution in [0.5, 0.6) is 0 Å². The van der Waals surface area contributed by atoms with Gasteiger partial charge in [-0.3, -0.25) is 0 Å². The molecule has 2 aromatic rings. The molecule has 3 rings (SSSR count). The number of aromatic nitrogens is 3. The van der Waals surface area contributed by atoms with Crippen molar-refractivity contribution in [2.24, 2.45) is 0 Å². The van der Waals surface area contributed by atoms with Crippen LogP contribution in [0.3, 0.4) is 0 Å². The number of nitrogens with two attached hydrogens (primary N) is 1. The third kappa shape index (κ3) is 2.55. The van der Waals surface area contributed by atoms with Gasteiger partial charge in [0.25, 0.3) is 0 Å². The van der Waals surface area contributed by atoms with Crippen molar-refractivity contribution in [3.63, 3.8) is 0 Å². The molecule has 0 aliphatic carbocycles. The molecule has 0 saturated carbocycles. The van der Waals surface area contributed by atoms with Gasteiger partial charge in [-0.1, -0.05) is 13.8 Å². The van der Waals surface area contributed by atoms with Crippen molar-refractivity contribution in [1.29, 1.82) is 0 Å². The summed E-state index contributed by atoms with van der Waals surface area (Å²) in [6.45, 7) is 7.21. The first-order valence-corrected chi connectivity index (χ1v) is 7.38. The molecule has 0 radical (unpaired) electrons. The molecule has 1 aliphatic heterocycles. The third-order valence-electron chi connectivity index (χ3n) is 4.01. The molecule has 0 fully saturated rings. The molecule has 3 N–H and O–H groups in total. The van der Waals surface area contributed by atoms with Gasteiger partial charge in [-0.2, -0.15) is 0 Å². The number of hydrogen-bond donors (Lipinski definition) is 2. The Morgan fingerprint density at radius 2 is 2.10 bits per heavy atom. The van der Waals surface area contributed by atoms with Gasteiger partial charge in [0.15, 0.2) is 0 Å². The predicted octanol–water partition coefficient (Wildman–Crippen LogP) is 2.44. The molecule has 5 nitrogen and oxygen atoms in total. The summed E-state index contributed by atoms with van der Waals surface area (Å²) in [6, 6.07) is 0. The van der Waals surface area contributed by atoms with Gasteiger partial charge in [-0.25, -0.2) is 15.0 Å². The Balaban J connectivity index is 2.06. The van der Waals surface area contributed by atoms with Crippen LogP contribution in [0, 0.1) is 6.92 Å². The van der Waals surface area contributed by atoms with E-state index in [-0.39, 0.29) is 0 Å². The SMILES string of the molecule is Cc1ncc(Cc2c(C(C)C)cnc3c2CCN3)c(N)n1. The highest BCUT2D eigenvalue weighted by Gasteiger charge is 2.21. The van der Waals surface area contributed by atoms with Crippen molar-refractivity contribution in [1.82, 2.24) is 15.0 Å². The van der Waals surface area contributed by atoms with E-state index in [1.165, 1.54) is 16.7 Å². The first-order valence-electron chi connectivity index (χ1n) is 7.38. The minimum absolute atomic E-state index is 0.436. The highest BCUT2D eigenvalue weighted by molar-refractivity contribution is 5.57. The summed E-state index contributed by atoms with van der Waals surface area (Å²) < 4.78 is 0. The van der Waals surface area contributed by atoms with Crippen molar-refractivity contribution in [2.45, 2.75) is 39.5 Å². The van der Waals surface area contributed by atoms with E-state index in [0.29, 0.717) is 17.6 Å². The van der Waals surface area contributed by atoms with Crippen LogP contribution in [0.2, 0.25) is 0 Å². The molecule has 3 heterocycles. The fourth-order valence-corrected chi connectivity index (χ4v) is 2.88. The third-order valence-corrected chi connectivity index (χ3v) is 4.01. The van der Waals surface area contributed by atoms with E-state index in [4.69, 9.17) is 5.73 Å². The van der Waals surface area contributed by atoms with Gasteiger partial charge in [0.05, 0.1) is 0 Å². The molecule has 110 valence electrons. The molecule has 0 amide bonds. The minimum atomic E-state index is 0.436. The van der Waals surface area contributed by atoms with Crippen molar-refractivity contribution < 1.29 is 0 Å². The molecule has 0 atom stereocenters. The Kier molecular flexibility index (Phi) is 3.49. The van der Waals surface area contributed by atoms with Crippen LogP contribution in [0.25, 0.3) is 0 Å². The van der Waals surface area contributed by atoms with E-state index < -0.39 is 0 Å². The number of anilines is 2. The van der Waals surface area contributed by atoms with Crippen molar-refractivity contribution in [2.75, 3.05) is 17.6 Å². The molecule has 0 saturated heterocycles. The molecule has 1 aliphatic rings. The van der Waals surface area contributed by atoms with Crippen LogP contribution in [0.1, 0.15) is 47.8 Å². The average Bonchev–Trinajstić information content (AvgIpc) is 2.90. The van der Waals surface area contributed by atoms with E-state index in [2.05, 4.69) is 34.1 Å². The summed E-state index contributed by atoms with van der Waals surface area (Å²) >= 11 is 0. The molecule has 5 heteroatoms. The smallest absolute Gasteiger partial charge is 0.130 e. The summed E-state index contributed by atoms with van der Waals surface area (Å²) in [7, 11) is 0. The van der Waals surface area contributed by atoms with Crippen LogP contribution >= 0.6 is 0 Å². The Morgan fingerprint density at radius 1 is 1.29 bits per heavy atom. The van der Waals surface area contributed by atoms with Crippen molar-refractivity contribution in [3.8, 4) is 0 Å². The number of nitrogen functional groups attached to an aromatic ring is 1. The number of nitrogens with zero attached hydrogens (tertiary/aromatic N) is 3. The number of pyridine rings is 1. The highest BCUT2D eigenvalue weighted by Crippen LogP contribution is 2.32. The summed E-state index contributed by atoms with van der Waals surface area (Å²) in [5.74, 6) is 2.74. The van der Waals surface area contributed by atoms with Gasteiger partial charge in [-0.05, 0) is 30.4 Å². The van der Waals surface area contributed by atoms with Gasteiger partial charge >= 0.3 is 0 Å². The fourth-order valence-electron chi connectivity index (χ4n) is 2.88. The number of fused-ring (bicyclic) bond motifs is 1. The van der Waals surface area contributed by atoms with E-state index >= 15 is 0 Å². The molecule has 0 aromatic carbocycles. The first kappa shape index (κ1) is 13.8. The molecular weight excluding hydrogens is 262 g/mol. The topological polar surface area (TPSA) is 76.7 Å². The minimum Gasteiger partial charge on any atom is -0.383 e. The van der Waals surface area contributed by atoms with Gasteiger partial charge in [0.1, 0.15) is 17.5 Å². The van der Waals surface area contributed by atoms with Crippen LogP contribution < -0.4 is 11.1 Å². The fraction of sp³-hybridized carbons (Fsp3) is 0.438. The molecule has 21 heavy (non-hydrogen) atoms. The number of nitrogens with one attached hydrogen (secondary N) is 1. The standard InChI is InChI=1S/C16H21N5/c1-9(2)14-8-20-16-12(4-5-18-16)13(14)6-11-7-19-10(3)21-15(11)17/h7-9H,4-6H2,1-3H3,(H,18,20)(H2,17,19,21). The van der Waals surface area contributed by atoms with Crippen LogP contribution in [-0.4, -0.2) is 21.5 Å². The second-order valence-corrected chi connectivity index (χ2v) is 5.86. The number of hydrogen-bond acceptors (Lipinski definition) is 5. The van der Waals surface area contributed by atoms with E-state index in [1.54, 1.807) is 0 Å². The summed E-state index contributed by atoms with van der Waals surface area (Å²) in [6.07, 6.45) is 5.62. The summed E-state index contributed by atoms with van der Waals surface area (Å²) in [5, 5.41) is 3.34. The van der Waals surface area contributed by atoms with E-state index in [0.717, 1.165) is 30.8 Å². The second kappa shape index (κ2) is 5.31. The molecule has 0 spiro atoms. The zero-order chi connectivity index (χ0) is 15.0. The lowest BCUT2D eigenvalue weighted by Crippen LogP contribution is -2.07. The predicted molar refractivity (Wildman–Crippen MR) is 84.5 cm³/mol. The Bertz CT molecular complexity index is 679. The highest BCUT2D eigenvalue weighted by atomic mass is 15.0. The molecule has 0 bridgehead atoms. The normalized spacial score (nSPS) is 13.3. The molecule has 2 aromatic heterocycles. The van der Waals surface area contributed by atoms with Gasteiger partial charge < -0.3 is 11.1 Å². The number of aryl methyl sites for hydroxylation is 1. The van der Waals surface area contributed by atoms with Crippen LogP contribution in [0.15, 0.2) is 12.4 Å². The summed E-state index contributed by atoms with van der Waals surface area (Å²) in [4.78, 5) is 13.1. The largest absolute Gasteiger partial charge is 0.383 e. The average molecular weight is 283 g/mol. The Hall–Kier alpha value is -2.17. The van der Waals surface area contributed by atoms with Crippen molar-refractivity contribution in [3.05, 3.63) is 40.5 Å². The van der Waals surface area contributed by atoms with Gasteiger partial charge in [-0.15, -0.1) is 0 Å². The lowest BCUT2D eigenvalue weighted by Gasteiger charge is -2.16. The van der Waals surface area contributed by atoms with Crippen LogP contribution in [-0.2, 0) is 12.8 Å². The van der Waals surface area contributed by atoms with Crippen LogP contribution in [0.4, 0.5) is 11.6 Å². The molecular formula is C16H21N5. The lowest BCUT2D eigenvalue weighted by atomic mass is 9.91. The monoisotopic (exact) mass is 283 g/mol. The zero-order valence-corrected chi connectivity index (χ0v) is 12.8. The Labute approximate surface area is 125 Å². The maximum Gasteiger partial charge on any atom is 0.130 e. The quantitative estimate of drug-likeness (QED) is 0.904. The molecule has 0 unspecified atom stereocenters. The maximum absolute atomic E-state index is 6.06.